The van der Waals surface area contributed by atoms with E-state index in [0.29, 0.717) is 5.71 Å². The molecule has 0 aliphatic carbocycles. The third-order valence-electron chi connectivity index (χ3n) is 2.96. The van der Waals surface area contributed by atoms with Crippen LogP contribution in [0.15, 0.2) is 59.8 Å². The van der Waals surface area contributed by atoms with Gasteiger partial charge in [0, 0.05) is 0 Å². The first-order valence-corrected chi connectivity index (χ1v) is 6.76. The van der Waals surface area contributed by atoms with Crippen LogP contribution in [0.4, 0.5) is 4.79 Å². The highest BCUT2D eigenvalue weighted by Crippen LogP contribution is 2.12. The molecule has 2 aromatic rings. The number of nitrogens with zero attached hydrogens (tertiary/aromatic N) is 1. The van der Waals surface area contributed by atoms with Crippen LogP contribution < -0.4 is 4.74 Å². The van der Waals surface area contributed by atoms with Gasteiger partial charge < -0.3 is 9.47 Å². The number of carbonyl (C=O) groups excluding carboxylic acids is 1. The normalized spacial score (nSPS) is 10.9. The number of rotatable bonds is 5. The first-order chi connectivity index (χ1) is 10.7. The molecule has 0 spiro atoms. The quantitative estimate of drug-likeness (QED) is 0.365. The summed E-state index contributed by atoms with van der Waals surface area (Å²) in [6, 6.07) is 16.6. The molecule has 0 unspecified atom stereocenters. The van der Waals surface area contributed by atoms with Gasteiger partial charge in [-0.3, -0.25) is 4.84 Å². The van der Waals surface area contributed by atoms with Crippen molar-refractivity contribution in [1.29, 1.82) is 0 Å². The molecule has 0 saturated carbocycles. The summed E-state index contributed by atoms with van der Waals surface area (Å²) in [7, 11) is 1.59. The molecule has 22 heavy (non-hydrogen) atoms. The van der Waals surface area contributed by atoms with Crippen molar-refractivity contribution in [3.8, 4) is 5.75 Å². The minimum absolute atomic E-state index is 0.114. The molecule has 0 aliphatic heterocycles. The maximum Gasteiger partial charge on any atom is 0.535 e. The molecule has 5 nitrogen and oxygen atoms in total. The van der Waals surface area contributed by atoms with Crippen LogP contribution in [0, 0.1) is 0 Å². The van der Waals surface area contributed by atoms with Crippen LogP contribution in [-0.4, -0.2) is 19.0 Å². The largest absolute Gasteiger partial charge is 0.535 e. The molecule has 0 radical (unpaired) electrons. The Morgan fingerprint density at radius 1 is 1.05 bits per heavy atom. The summed E-state index contributed by atoms with van der Waals surface area (Å²) in [5, 5.41) is 3.76. The Hall–Kier alpha value is -2.82. The van der Waals surface area contributed by atoms with Crippen molar-refractivity contribution in [3.63, 3.8) is 0 Å². The maximum atomic E-state index is 11.5. The molecular weight excluding hydrogens is 282 g/mol. The zero-order valence-electron chi connectivity index (χ0n) is 12.5. The van der Waals surface area contributed by atoms with Gasteiger partial charge in [0.15, 0.2) is 0 Å². The molecule has 0 saturated heterocycles. The van der Waals surface area contributed by atoms with Crippen LogP contribution >= 0.6 is 0 Å². The summed E-state index contributed by atoms with van der Waals surface area (Å²) in [4.78, 5) is 16.2. The molecule has 0 N–H and O–H groups in total. The van der Waals surface area contributed by atoms with Crippen molar-refractivity contribution in [2.45, 2.75) is 13.5 Å². The summed E-state index contributed by atoms with van der Waals surface area (Å²) < 4.78 is 10.0. The molecule has 0 fully saturated rings. The number of ether oxygens (including phenoxy) is 2. The van der Waals surface area contributed by atoms with Crippen LogP contribution in [0.5, 0.6) is 5.75 Å². The Labute approximate surface area is 129 Å². The van der Waals surface area contributed by atoms with Crippen molar-refractivity contribution >= 4 is 11.9 Å². The summed E-state index contributed by atoms with van der Waals surface area (Å²) in [5.41, 5.74) is 2.31. The SMILES string of the molecule is COc1ccc(COC(=O)ON=C(C)c2ccccc2)cc1. The predicted molar refractivity (Wildman–Crippen MR) is 82.9 cm³/mol. The van der Waals surface area contributed by atoms with Gasteiger partial charge in [0.1, 0.15) is 12.4 Å². The van der Waals surface area contributed by atoms with E-state index in [1.807, 2.05) is 42.5 Å². The van der Waals surface area contributed by atoms with Crippen molar-refractivity contribution in [3.05, 3.63) is 65.7 Å². The van der Waals surface area contributed by atoms with Crippen LogP contribution in [0.25, 0.3) is 0 Å². The molecule has 0 heterocycles. The van der Waals surface area contributed by atoms with Gasteiger partial charge >= 0.3 is 6.16 Å². The van der Waals surface area contributed by atoms with Crippen molar-refractivity contribution in [2.75, 3.05) is 7.11 Å². The van der Waals surface area contributed by atoms with Gasteiger partial charge in [0.2, 0.25) is 0 Å². The fourth-order valence-electron chi connectivity index (χ4n) is 1.73. The Morgan fingerprint density at radius 2 is 1.73 bits per heavy atom. The lowest BCUT2D eigenvalue weighted by molar-refractivity contribution is 0.0519. The fourth-order valence-corrected chi connectivity index (χ4v) is 1.73. The zero-order valence-corrected chi connectivity index (χ0v) is 12.5. The highest BCUT2D eigenvalue weighted by molar-refractivity contribution is 5.98. The van der Waals surface area contributed by atoms with E-state index in [-0.39, 0.29) is 6.61 Å². The van der Waals surface area contributed by atoms with Gasteiger partial charge in [-0.1, -0.05) is 47.6 Å². The van der Waals surface area contributed by atoms with Crippen molar-refractivity contribution in [1.82, 2.24) is 0 Å². The summed E-state index contributed by atoms with van der Waals surface area (Å²) >= 11 is 0. The molecule has 0 amide bonds. The molecule has 2 rings (SSSR count). The van der Waals surface area contributed by atoms with Gasteiger partial charge in [-0.05, 0) is 30.2 Å². The third-order valence-corrected chi connectivity index (χ3v) is 2.96. The van der Waals surface area contributed by atoms with Gasteiger partial charge in [0.25, 0.3) is 0 Å². The lowest BCUT2D eigenvalue weighted by atomic mass is 10.1. The van der Waals surface area contributed by atoms with Crippen LogP contribution in [-0.2, 0) is 16.2 Å². The van der Waals surface area contributed by atoms with E-state index in [1.54, 1.807) is 26.2 Å². The summed E-state index contributed by atoms with van der Waals surface area (Å²) in [6.07, 6.45) is -0.842. The highest BCUT2D eigenvalue weighted by atomic mass is 16.8. The molecule has 0 aliphatic rings. The number of oxime groups is 1. The molecule has 2 aromatic carbocycles. The molecule has 5 heteroatoms. The summed E-state index contributed by atoms with van der Waals surface area (Å²) in [5.74, 6) is 0.745. The standard InChI is InChI=1S/C17H17NO4/c1-13(15-6-4-3-5-7-15)18-22-17(19)21-12-14-8-10-16(20-2)11-9-14/h3-11H,12H2,1-2H3. The molecule has 0 aromatic heterocycles. The second kappa shape index (κ2) is 7.83. The lowest BCUT2D eigenvalue weighted by Crippen LogP contribution is -2.06. The Balaban J connectivity index is 1.82. The van der Waals surface area contributed by atoms with Gasteiger partial charge in [-0.15, -0.1) is 0 Å². The number of hydrogen-bond donors (Lipinski definition) is 0. The van der Waals surface area contributed by atoms with E-state index in [4.69, 9.17) is 14.3 Å². The number of benzene rings is 2. The first-order valence-electron chi connectivity index (χ1n) is 6.76. The monoisotopic (exact) mass is 299 g/mol. The number of hydrogen-bond acceptors (Lipinski definition) is 5. The zero-order chi connectivity index (χ0) is 15.8. The molecule has 0 atom stereocenters. The average Bonchev–Trinajstić information content (AvgIpc) is 2.59. The third kappa shape index (κ3) is 4.63. The maximum absolute atomic E-state index is 11.5. The van der Waals surface area contributed by atoms with E-state index in [2.05, 4.69) is 5.16 Å². The van der Waals surface area contributed by atoms with Crippen LogP contribution in [0.2, 0.25) is 0 Å². The van der Waals surface area contributed by atoms with E-state index in [1.165, 1.54) is 0 Å². The highest BCUT2D eigenvalue weighted by Gasteiger charge is 2.05. The van der Waals surface area contributed by atoms with Crippen molar-refractivity contribution < 1.29 is 19.1 Å². The Bertz CT molecular complexity index is 635. The van der Waals surface area contributed by atoms with E-state index in [0.717, 1.165) is 16.9 Å². The van der Waals surface area contributed by atoms with Gasteiger partial charge in [-0.25, -0.2) is 4.79 Å². The molecular formula is C17H17NO4. The minimum atomic E-state index is -0.842. The Kier molecular flexibility index (Phi) is 5.54. The van der Waals surface area contributed by atoms with Crippen LogP contribution in [0.3, 0.4) is 0 Å². The fraction of sp³-hybridized carbons (Fsp3) is 0.176. The van der Waals surface area contributed by atoms with Gasteiger partial charge in [0.05, 0.1) is 12.8 Å². The Morgan fingerprint density at radius 3 is 2.36 bits per heavy atom. The summed E-state index contributed by atoms with van der Waals surface area (Å²) in [6.45, 7) is 1.87. The number of methoxy groups -OCH3 is 1. The van der Waals surface area contributed by atoms with Crippen molar-refractivity contribution in [2.24, 2.45) is 5.16 Å². The molecule has 114 valence electrons. The number of carbonyl (C=O) groups is 1. The molecule has 0 bridgehead atoms. The van der Waals surface area contributed by atoms with E-state index >= 15 is 0 Å². The smallest absolute Gasteiger partial charge is 0.497 e. The lowest BCUT2D eigenvalue weighted by Gasteiger charge is -2.04. The van der Waals surface area contributed by atoms with E-state index in [9.17, 15) is 4.79 Å². The van der Waals surface area contributed by atoms with Crippen LogP contribution in [0.1, 0.15) is 18.1 Å². The first kappa shape index (κ1) is 15.6. The average molecular weight is 299 g/mol. The van der Waals surface area contributed by atoms with Gasteiger partial charge in [-0.2, -0.15) is 0 Å². The topological polar surface area (TPSA) is 57.1 Å². The predicted octanol–water partition coefficient (Wildman–Crippen LogP) is 3.77. The second-order valence-electron chi connectivity index (χ2n) is 4.52. The second-order valence-corrected chi connectivity index (χ2v) is 4.52. The van der Waals surface area contributed by atoms with E-state index < -0.39 is 6.16 Å². The minimum Gasteiger partial charge on any atom is -0.497 e.